The lowest BCUT2D eigenvalue weighted by molar-refractivity contribution is -0.118. The highest BCUT2D eigenvalue weighted by Gasteiger charge is 2.19. The zero-order valence-electron chi connectivity index (χ0n) is 10.8. The van der Waals surface area contributed by atoms with Gasteiger partial charge in [0.1, 0.15) is 17.7 Å². The molecule has 0 aliphatic carbocycles. The highest BCUT2D eigenvalue weighted by molar-refractivity contribution is 6.30. The number of hydrogen-bond acceptors (Lipinski definition) is 3. The van der Waals surface area contributed by atoms with E-state index < -0.39 is 11.9 Å². The first kappa shape index (κ1) is 13.9. The lowest BCUT2D eigenvalue weighted by Gasteiger charge is -2.20. The smallest absolute Gasteiger partial charge is 0.262 e. The van der Waals surface area contributed by atoms with Gasteiger partial charge in [-0.1, -0.05) is 23.7 Å². The number of aliphatic hydroxyl groups is 1. The number of ether oxygens (including phenoxy) is 1. The molecule has 0 saturated carbocycles. The number of anilines is 1. The first-order valence-electron chi connectivity index (χ1n) is 6.24. The van der Waals surface area contributed by atoms with Gasteiger partial charge in [-0.15, -0.1) is 0 Å². The molecule has 1 amide bonds. The van der Waals surface area contributed by atoms with Crippen molar-refractivity contribution in [2.75, 3.05) is 11.9 Å². The van der Waals surface area contributed by atoms with Gasteiger partial charge in [0, 0.05) is 0 Å². The quantitative estimate of drug-likeness (QED) is 0.897. The van der Waals surface area contributed by atoms with Crippen LogP contribution in [0, 0.1) is 5.82 Å². The molecule has 1 heterocycles. The Morgan fingerprint density at radius 2 is 1.95 bits per heavy atom. The van der Waals surface area contributed by atoms with Gasteiger partial charge >= 0.3 is 0 Å². The monoisotopic (exact) mass is 307 g/mol. The average Bonchev–Trinajstić information content (AvgIpc) is 2.48. The second-order valence-corrected chi connectivity index (χ2v) is 5.08. The SMILES string of the molecule is O=C1COc2ccc(C(O)c3ccc(Cl)c(F)c3)cc2N1. The molecule has 1 unspecified atom stereocenters. The molecule has 2 N–H and O–H groups in total. The van der Waals surface area contributed by atoms with Gasteiger partial charge in [0.15, 0.2) is 6.61 Å². The number of aliphatic hydroxyl groups excluding tert-OH is 1. The van der Waals surface area contributed by atoms with Crippen molar-refractivity contribution in [2.45, 2.75) is 6.10 Å². The van der Waals surface area contributed by atoms with E-state index in [2.05, 4.69) is 5.32 Å². The predicted octanol–water partition coefficient (Wildman–Crippen LogP) is 2.89. The fraction of sp³-hybridized carbons (Fsp3) is 0.133. The number of benzene rings is 2. The van der Waals surface area contributed by atoms with E-state index in [1.165, 1.54) is 12.1 Å². The molecule has 1 atom stereocenters. The number of hydrogen-bond donors (Lipinski definition) is 2. The number of halogens is 2. The van der Waals surface area contributed by atoms with E-state index in [1.54, 1.807) is 24.3 Å². The minimum atomic E-state index is -1.03. The average molecular weight is 308 g/mol. The minimum Gasteiger partial charge on any atom is -0.482 e. The summed E-state index contributed by atoms with van der Waals surface area (Å²) in [5.41, 5.74) is 1.37. The van der Waals surface area contributed by atoms with Gasteiger partial charge in [-0.25, -0.2) is 4.39 Å². The molecule has 0 radical (unpaired) electrons. The van der Waals surface area contributed by atoms with E-state index in [-0.39, 0.29) is 17.5 Å². The molecule has 2 aromatic carbocycles. The molecular formula is C15H11ClFNO3. The highest BCUT2D eigenvalue weighted by Crippen LogP contribution is 2.33. The molecule has 21 heavy (non-hydrogen) atoms. The van der Waals surface area contributed by atoms with Crippen molar-refractivity contribution >= 4 is 23.2 Å². The van der Waals surface area contributed by atoms with Crippen molar-refractivity contribution in [3.63, 3.8) is 0 Å². The van der Waals surface area contributed by atoms with Crippen LogP contribution in [0.3, 0.4) is 0 Å². The summed E-state index contributed by atoms with van der Waals surface area (Å²) in [7, 11) is 0. The molecule has 0 bridgehead atoms. The molecule has 1 aliphatic rings. The van der Waals surface area contributed by atoms with Crippen LogP contribution in [-0.4, -0.2) is 17.6 Å². The number of amides is 1. The zero-order valence-corrected chi connectivity index (χ0v) is 11.5. The van der Waals surface area contributed by atoms with E-state index >= 15 is 0 Å². The first-order valence-corrected chi connectivity index (χ1v) is 6.62. The number of nitrogens with one attached hydrogen (secondary N) is 1. The lowest BCUT2D eigenvalue weighted by Crippen LogP contribution is -2.25. The Balaban J connectivity index is 1.94. The van der Waals surface area contributed by atoms with E-state index in [9.17, 15) is 14.3 Å². The minimum absolute atomic E-state index is 0.00273. The number of carbonyl (C=O) groups is 1. The van der Waals surface area contributed by atoms with Crippen molar-refractivity contribution < 1.29 is 19.0 Å². The van der Waals surface area contributed by atoms with Gasteiger partial charge < -0.3 is 15.2 Å². The number of rotatable bonds is 2. The lowest BCUT2D eigenvalue weighted by atomic mass is 10.0. The van der Waals surface area contributed by atoms with Gasteiger partial charge in [-0.3, -0.25) is 4.79 Å². The third-order valence-corrected chi connectivity index (χ3v) is 3.52. The predicted molar refractivity (Wildman–Crippen MR) is 76.0 cm³/mol. The Bertz CT molecular complexity index is 720. The second-order valence-electron chi connectivity index (χ2n) is 4.67. The third kappa shape index (κ3) is 2.70. The summed E-state index contributed by atoms with van der Waals surface area (Å²) in [6, 6.07) is 9.03. The molecule has 4 nitrogen and oxygen atoms in total. The summed E-state index contributed by atoms with van der Waals surface area (Å²) in [5.74, 6) is -0.317. The molecule has 0 aromatic heterocycles. The maximum Gasteiger partial charge on any atom is 0.262 e. The standard InChI is InChI=1S/C15H11ClFNO3/c16-10-3-1-8(5-11(10)17)15(20)9-2-4-13-12(6-9)18-14(19)7-21-13/h1-6,15,20H,7H2,(H,18,19). The molecule has 2 aromatic rings. The van der Waals surface area contributed by atoms with Crippen molar-refractivity contribution in [3.05, 3.63) is 58.4 Å². The van der Waals surface area contributed by atoms with Gasteiger partial charge in [-0.2, -0.15) is 0 Å². The largest absolute Gasteiger partial charge is 0.482 e. The van der Waals surface area contributed by atoms with Gasteiger partial charge in [-0.05, 0) is 35.4 Å². The van der Waals surface area contributed by atoms with Crippen LogP contribution >= 0.6 is 11.6 Å². The van der Waals surface area contributed by atoms with E-state index in [1.807, 2.05) is 0 Å². The fourth-order valence-corrected chi connectivity index (χ4v) is 2.26. The Kier molecular flexibility index (Phi) is 3.53. The van der Waals surface area contributed by atoms with Crippen LogP contribution in [0.25, 0.3) is 0 Å². The second kappa shape index (κ2) is 5.35. The summed E-state index contributed by atoms with van der Waals surface area (Å²) < 4.78 is 18.7. The van der Waals surface area contributed by atoms with Gasteiger partial charge in [0.05, 0.1) is 10.7 Å². The van der Waals surface area contributed by atoms with Crippen LogP contribution in [0.4, 0.5) is 10.1 Å². The molecule has 0 spiro atoms. The Morgan fingerprint density at radius 3 is 2.71 bits per heavy atom. The Morgan fingerprint density at radius 1 is 1.24 bits per heavy atom. The summed E-state index contributed by atoms with van der Waals surface area (Å²) in [4.78, 5) is 11.3. The summed E-state index contributed by atoms with van der Waals surface area (Å²) in [6.07, 6.45) is -1.03. The third-order valence-electron chi connectivity index (χ3n) is 3.21. The van der Waals surface area contributed by atoms with Gasteiger partial charge in [0.2, 0.25) is 0 Å². The van der Waals surface area contributed by atoms with E-state index in [0.29, 0.717) is 22.6 Å². The maximum absolute atomic E-state index is 13.5. The highest BCUT2D eigenvalue weighted by atomic mass is 35.5. The summed E-state index contributed by atoms with van der Waals surface area (Å²) in [5, 5.41) is 13.0. The first-order chi connectivity index (χ1) is 10.0. The molecule has 6 heteroatoms. The molecule has 1 aliphatic heterocycles. The van der Waals surface area contributed by atoms with Crippen molar-refractivity contribution in [1.29, 1.82) is 0 Å². The fourth-order valence-electron chi connectivity index (χ4n) is 2.15. The summed E-state index contributed by atoms with van der Waals surface area (Å²) >= 11 is 5.62. The van der Waals surface area contributed by atoms with Crippen LogP contribution < -0.4 is 10.1 Å². The number of fused-ring (bicyclic) bond motifs is 1. The van der Waals surface area contributed by atoms with Gasteiger partial charge in [0.25, 0.3) is 5.91 Å². The Hall–Kier alpha value is -2.11. The zero-order chi connectivity index (χ0) is 15.0. The van der Waals surface area contributed by atoms with E-state index in [0.717, 1.165) is 0 Å². The topological polar surface area (TPSA) is 58.6 Å². The van der Waals surface area contributed by atoms with Crippen LogP contribution in [0.1, 0.15) is 17.2 Å². The normalized spacial score (nSPS) is 14.9. The molecular weight excluding hydrogens is 297 g/mol. The van der Waals surface area contributed by atoms with Crippen LogP contribution in [0.5, 0.6) is 5.75 Å². The maximum atomic E-state index is 13.5. The molecule has 108 valence electrons. The van der Waals surface area contributed by atoms with Crippen molar-refractivity contribution in [3.8, 4) is 5.75 Å². The molecule has 0 fully saturated rings. The summed E-state index contributed by atoms with van der Waals surface area (Å²) in [6.45, 7) is -0.0305. The number of carbonyl (C=O) groups excluding carboxylic acids is 1. The van der Waals surface area contributed by atoms with Crippen LogP contribution in [0.2, 0.25) is 5.02 Å². The van der Waals surface area contributed by atoms with Crippen LogP contribution in [0.15, 0.2) is 36.4 Å². The van der Waals surface area contributed by atoms with Crippen molar-refractivity contribution in [1.82, 2.24) is 0 Å². The molecule has 0 saturated heterocycles. The van der Waals surface area contributed by atoms with E-state index in [4.69, 9.17) is 16.3 Å². The Labute approximate surface area is 125 Å². The van der Waals surface area contributed by atoms with Crippen molar-refractivity contribution in [2.24, 2.45) is 0 Å². The molecule has 3 rings (SSSR count). The van der Waals surface area contributed by atoms with Crippen LogP contribution in [-0.2, 0) is 4.79 Å².